The van der Waals surface area contributed by atoms with E-state index in [1.54, 1.807) is 60.2 Å². The summed E-state index contributed by atoms with van der Waals surface area (Å²) in [7, 11) is 3.78. The summed E-state index contributed by atoms with van der Waals surface area (Å²) in [6.45, 7) is 7.81. The minimum atomic E-state index is -0.318. The molecule has 0 fully saturated rings. The quantitative estimate of drug-likeness (QED) is 0.342. The molecule has 0 unspecified atom stereocenters. The van der Waals surface area contributed by atoms with Gasteiger partial charge in [0.2, 0.25) is 0 Å². The van der Waals surface area contributed by atoms with E-state index in [1.165, 1.54) is 9.44 Å². The molecule has 11 heteroatoms. The Bertz CT molecular complexity index is 1770. The summed E-state index contributed by atoms with van der Waals surface area (Å²) < 4.78 is 16.8. The number of aromatic nitrogens is 3. The normalized spacial score (nSPS) is 15.1. The van der Waals surface area contributed by atoms with E-state index in [4.69, 9.17) is 4.98 Å². The average Bonchev–Trinajstić information content (AvgIpc) is 3.35. The second-order valence-electron chi connectivity index (χ2n) is 12.0. The van der Waals surface area contributed by atoms with Crippen LogP contribution in [0.2, 0.25) is 0 Å². The van der Waals surface area contributed by atoms with E-state index in [9.17, 15) is 9.90 Å². The van der Waals surface area contributed by atoms with Gasteiger partial charge in [-0.25, -0.2) is 19.4 Å². The van der Waals surface area contributed by atoms with Crippen LogP contribution in [0.4, 0.5) is 21.0 Å². The van der Waals surface area contributed by atoms with E-state index in [2.05, 4.69) is 27.3 Å². The summed E-state index contributed by atoms with van der Waals surface area (Å²) >= 11 is 1.56. The van der Waals surface area contributed by atoms with Gasteiger partial charge in [0.25, 0.3) is 5.56 Å². The highest BCUT2D eigenvalue weighted by atomic mass is 32.1. The van der Waals surface area contributed by atoms with Crippen LogP contribution in [0.15, 0.2) is 46.6 Å². The van der Waals surface area contributed by atoms with E-state index >= 15 is 4.39 Å². The van der Waals surface area contributed by atoms with Gasteiger partial charge in [0, 0.05) is 66.1 Å². The van der Waals surface area contributed by atoms with Crippen molar-refractivity contribution in [3.63, 3.8) is 0 Å². The number of likely N-dealkylation sites (N-methyl/N-ethyl adjacent to an activating group) is 1. The van der Waals surface area contributed by atoms with E-state index in [-0.39, 0.29) is 29.9 Å². The number of halogens is 1. The average molecular weight is 588 g/mol. The zero-order chi connectivity index (χ0) is 29.8. The molecule has 0 radical (unpaired) electrons. The van der Waals surface area contributed by atoms with Crippen molar-refractivity contribution >= 4 is 34.2 Å². The van der Waals surface area contributed by atoms with Gasteiger partial charge in [0.15, 0.2) is 10.9 Å². The summed E-state index contributed by atoms with van der Waals surface area (Å²) in [6.07, 6.45) is 5.90. The number of benzene rings is 1. The highest BCUT2D eigenvalue weighted by Gasteiger charge is 2.25. The fourth-order valence-corrected chi connectivity index (χ4v) is 6.50. The first kappa shape index (κ1) is 28.2. The van der Waals surface area contributed by atoms with E-state index < -0.39 is 0 Å². The lowest BCUT2D eigenvalue weighted by molar-refractivity contribution is 0.282. The van der Waals surface area contributed by atoms with E-state index in [0.29, 0.717) is 33.3 Å². The van der Waals surface area contributed by atoms with Crippen molar-refractivity contribution in [1.82, 2.24) is 19.4 Å². The van der Waals surface area contributed by atoms with Crippen molar-refractivity contribution in [2.24, 2.45) is 12.1 Å². The van der Waals surface area contributed by atoms with Crippen molar-refractivity contribution in [3.8, 4) is 11.1 Å². The first-order chi connectivity index (χ1) is 20.0. The molecule has 0 saturated heterocycles. The van der Waals surface area contributed by atoms with Crippen LogP contribution in [0.5, 0.6) is 0 Å². The third-order valence-electron chi connectivity index (χ3n) is 7.83. The number of pyridine rings is 2. The molecule has 2 N–H and O–H groups in total. The second kappa shape index (κ2) is 10.7. The number of aliphatic hydroxyl groups is 1. The molecule has 0 bridgehead atoms. The summed E-state index contributed by atoms with van der Waals surface area (Å²) in [5.41, 5.74) is 5.19. The molecule has 2 aliphatic rings. The van der Waals surface area contributed by atoms with Crippen LogP contribution in [-0.2, 0) is 38.6 Å². The molecule has 5 heterocycles. The Morgan fingerprint density at radius 1 is 1.17 bits per heavy atom. The standard InChI is InChI=1S/C31H34FN7O2S/c1-31(2,3)20-10-18-13-34-39(15-22(18)24(32)12-20)28-23(17-40)21(6-8-33-28)19-11-26(29(41)38(5)14-19)36-30-35-25-7-9-37(4)16-27(25)42-30/h6,8,10-14,40H,7,9,15-17H2,1-5H3,(H,35,36). The molecule has 2 aliphatic heterocycles. The van der Waals surface area contributed by atoms with Crippen LogP contribution in [-0.4, -0.2) is 44.3 Å². The molecule has 0 spiro atoms. The molecule has 9 nitrogen and oxygen atoms in total. The Kier molecular flexibility index (Phi) is 7.20. The topological polar surface area (TPSA) is 98.9 Å². The maximum absolute atomic E-state index is 15.3. The van der Waals surface area contributed by atoms with Gasteiger partial charge < -0.3 is 19.9 Å². The molecule has 0 atom stereocenters. The summed E-state index contributed by atoms with van der Waals surface area (Å²) in [5.74, 6) is 0.135. The van der Waals surface area contributed by atoms with Gasteiger partial charge in [-0.2, -0.15) is 5.10 Å². The Morgan fingerprint density at radius 2 is 1.98 bits per heavy atom. The molecule has 42 heavy (non-hydrogen) atoms. The largest absolute Gasteiger partial charge is 0.392 e. The fourth-order valence-electron chi connectivity index (χ4n) is 5.40. The number of aryl methyl sites for hydroxylation is 1. The first-order valence-corrected chi connectivity index (χ1v) is 14.7. The van der Waals surface area contributed by atoms with E-state index in [1.807, 2.05) is 26.8 Å². The number of anilines is 3. The Morgan fingerprint density at radius 3 is 2.74 bits per heavy atom. The van der Waals surface area contributed by atoms with Crippen LogP contribution in [0.1, 0.15) is 53.6 Å². The summed E-state index contributed by atoms with van der Waals surface area (Å²) in [6, 6.07) is 7.14. The van der Waals surface area contributed by atoms with Gasteiger partial charge in [-0.05, 0) is 47.9 Å². The number of fused-ring (bicyclic) bond motifs is 2. The smallest absolute Gasteiger partial charge is 0.274 e. The second-order valence-corrected chi connectivity index (χ2v) is 13.0. The van der Waals surface area contributed by atoms with Crippen LogP contribution in [0.25, 0.3) is 11.1 Å². The highest BCUT2D eigenvalue weighted by Crippen LogP contribution is 2.35. The maximum atomic E-state index is 15.3. The van der Waals surface area contributed by atoms with E-state index in [0.717, 1.165) is 41.9 Å². The Labute approximate surface area is 248 Å². The molecule has 1 aromatic carbocycles. The molecule has 0 amide bonds. The lowest BCUT2D eigenvalue weighted by Crippen LogP contribution is -2.25. The fraction of sp³-hybridized carbons (Fsp3) is 0.355. The molecular formula is C31H34FN7O2S. The molecule has 218 valence electrons. The van der Waals surface area contributed by atoms with Gasteiger partial charge in [-0.15, -0.1) is 11.3 Å². The van der Waals surface area contributed by atoms with Gasteiger partial charge in [0.05, 0.1) is 25.1 Å². The Balaban J connectivity index is 1.35. The van der Waals surface area contributed by atoms with Crippen molar-refractivity contribution in [1.29, 1.82) is 0 Å². The monoisotopic (exact) mass is 587 g/mol. The molecule has 6 rings (SSSR count). The number of aliphatic hydroxyl groups excluding tert-OH is 1. The van der Waals surface area contributed by atoms with Gasteiger partial charge in [-0.1, -0.05) is 20.8 Å². The maximum Gasteiger partial charge on any atom is 0.274 e. The number of nitrogens with zero attached hydrogens (tertiary/aromatic N) is 6. The van der Waals surface area contributed by atoms with Crippen LogP contribution < -0.4 is 15.9 Å². The van der Waals surface area contributed by atoms with Crippen molar-refractivity contribution < 1.29 is 9.50 Å². The summed E-state index contributed by atoms with van der Waals surface area (Å²) in [4.78, 5) is 25.8. The third-order valence-corrected chi connectivity index (χ3v) is 8.83. The first-order valence-electron chi connectivity index (χ1n) is 13.9. The number of hydrogen-bond acceptors (Lipinski definition) is 9. The predicted octanol–water partition coefficient (Wildman–Crippen LogP) is 4.92. The number of hydrazone groups is 1. The van der Waals surface area contributed by atoms with Crippen molar-refractivity contribution in [2.75, 3.05) is 23.9 Å². The molecule has 0 saturated carbocycles. The molecule has 4 aromatic rings. The predicted molar refractivity (Wildman–Crippen MR) is 165 cm³/mol. The van der Waals surface area contributed by atoms with Crippen LogP contribution >= 0.6 is 11.3 Å². The SMILES string of the molecule is CN1CCc2nc(Nc3cc(-c4ccnc(N5Cc6c(F)cc(C(C)(C)C)cc6C=N5)c4CO)cn(C)c3=O)sc2C1. The van der Waals surface area contributed by atoms with Gasteiger partial charge in [0.1, 0.15) is 11.5 Å². The third kappa shape index (κ3) is 5.23. The van der Waals surface area contributed by atoms with Crippen LogP contribution in [0.3, 0.4) is 0 Å². The lowest BCUT2D eigenvalue weighted by Gasteiger charge is -2.28. The van der Waals surface area contributed by atoms with Crippen LogP contribution in [0, 0.1) is 5.82 Å². The van der Waals surface area contributed by atoms with Gasteiger partial charge >= 0.3 is 0 Å². The zero-order valence-corrected chi connectivity index (χ0v) is 25.2. The summed E-state index contributed by atoms with van der Waals surface area (Å²) in [5, 5.41) is 20.6. The number of thiazole rings is 1. The molecule has 0 aliphatic carbocycles. The van der Waals surface area contributed by atoms with Crippen molar-refractivity contribution in [3.05, 3.63) is 85.7 Å². The lowest BCUT2D eigenvalue weighted by atomic mass is 9.85. The van der Waals surface area contributed by atoms with Gasteiger partial charge in [-0.3, -0.25) is 4.79 Å². The number of rotatable bonds is 5. The zero-order valence-electron chi connectivity index (χ0n) is 24.4. The number of hydrogen-bond donors (Lipinski definition) is 2. The minimum absolute atomic E-state index is 0.176. The molecule has 3 aromatic heterocycles. The minimum Gasteiger partial charge on any atom is -0.392 e. The Hall–Kier alpha value is -3.93. The highest BCUT2D eigenvalue weighted by molar-refractivity contribution is 7.15. The van der Waals surface area contributed by atoms with Crippen molar-refractivity contribution in [2.45, 2.75) is 52.3 Å². The molecular weight excluding hydrogens is 553 g/mol. The number of nitrogens with one attached hydrogen (secondary N) is 1.